The fourth-order valence-electron chi connectivity index (χ4n) is 5.38. The number of aliphatic hydroxyl groups excluding tert-OH is 1. The molecule has 0 amide bonds. The molecule has 0 rings (SSSR count). The maximum absolute atomic E-state index is 8.77. The van der Waals surface area contributed by atoms with Gasteiger partial charge in [0.1, 0.15) is 0 Å². The fraction of sp³-hybridized carbons (Fsp3) is 1.00. The number of hydrogen-bond donors (Lipinski definition) is 2. The van der Waals surface area contributed by atoms with Gasteiger partial charge in [0.05, 0.1) is 0 Å². The normalized spacial score (nSPS) is 11.5. The van der Waals surface area contributed by atoms with E-state index in [0.29, 0.717) is 6.61 Å². The van der Waals surface area contributed by atoms with Crippen molar-refractivity contribution in [3.63, 3.8) is 0 Å². The molecule has 2 heteroatoms. The highest BCUT2D eigenvalue weighted by Gasteiger charge is 1.97. The second-order valence-corrected chi connectivity index (χ2v) is 11.5. The highest BCUT2D eigenvalue weighted by Crippen LogP contribution is 2.16. The van der Waals surface area contributed by atoms with Crippen LogP contribution in [0.2, 0.25) is 0 Å². The van der Waals surface area contributed by atoms with E-state index >= 15 is 0 Å². The molecule has 0 aliphatic rings. The number of unbranched alkanes of at least 4 members (excludes halogenated alkanes) is 30. The molecule has 0 aromatic heterocycles. The Bertz CT molecular complexity index is 314. The zero-order chi connectivity index (χ0) is 25.3. The van der Waals surface area contributed by atoms with E-state index in [1.54, 1.807) is 0 Å². The highest BCUT2D eigenvalue weighted by molar-refractivity contribution is 4.52. The fourth-order valence-corrected chi connectivity index (χ4v) is 5.38. The van der Waals surface area contributed by atoms with Gasteiger partial charge in [-0.15, -0.1) is 0 Å². The van der Waals surface area contributed by atoms with E-state index < -0.39 is 0 Å². The molecular formula is C33H69NO. The molecule has 0 radical (unpaired) electrons. The molecule has 2 nitrogen and oxygen atoms in total. The molecule has 3 N–H and O–H groups in total. The van der Waals surface area contributed by atoms with Crippen LogP contribution in [-0.2, 0) is 0 Å². The summed E-state index contributed by atoms with van der Waals surface area (Å²) in [6, 6.07) is 0. The van der Waals surface area contributed by atoms with Crippen LogP contribution in [0.25, 0.3) is 0 Å². The molecule has 0 aliphatic carbocycles. The van der Waals surface area contributed by atoms with Crippen LogP contribution < -0.4 is 5.73 Å². The minimum absolute atomic E-state index is 0.373. The van der Waals surface area contributed by atoms with Gasteiger partial charge in [-0.1, -0.05) is 186 Å². The lowest BCUT2D eigenvalue weighted by atomic mass is 10.0. The Hall–Kier alpha value is -0.0800. The smallest absolute Gasteiger partial charge is 0.0431 e. The van der Waals surface area contributed by atoms with Gasteiger partial charge in [-0.2, -0.15) is 0 Å². The van der Waals surface area contributed by atoms with Crippen molar-refractivity contribution in [1.82, 2.24) is 0 Å². The number of hydrogen-bond acceptors (Lipinski definition) is 2. The quantitative estimate of drug-likeness (QED) is 0.0911. The third-order valence-corrected chi connectivity index (χ3v) is 7.86. The summed E-state index contributed by atoms with van der Waals surface area (Å²) < 4.78 is 0. The second kappa shape index (κ2) is 33.9. The molecule has 0 aromatic carbocycles. The molecule has 0 saturated heterocycles. The van der Waals surface area contributed by atoms with Crippen molar-refractivity contribution >= 4 is 0 Å². The van der Waals surface area contributed by atoms with Crippen LogP contribution in [0.4, 0.5) is 0 Å². The first-order chi connectivity index (χ1) is 17.4. The third-order valence-electron chi connectivity index (χ3n) is 7.86. The van der Waals surface area contributed by atoms with E-state index in [1.807, 2.05) is 0 Å². The van der Waals surface area contributed by atoms with Gasteiger partial charge >= 0.3 is 0 Å². The Labute approximate surface area is 223 Å². The van der Waals surface area contributed by atoms with Gasteiger partial charge in [-0.25, -0.2) is 0 Å². The summed E-state index contributed by atoms with van der Waals surface area (Å²) in [5.41, 5.74) is 5.54. The molecule has 0 heterocycles. The molecule has 0 bridgehead atoms. The molecule has 0 saturated carbocycles. The second-order valence-electron chi connectivity index (χ2n) is 11.5. The molecule has 35 heavy (non-hydrogen) atoms. The minimum Gasteiger partial charge on any atom is -0.396 e. The lowest BCUT2D eigenvalue weighted by molar-refractivity contribution is 0.282. The van der Waals surface area contributed by atoms with Crippen LogP contribution in [0.3, 0.4) is 0 Å². The van der Waals surface area contributed by atoms with Gasteiger partial charge in [0, 0.05) is 6.61 Å². The van der Waals surface area contributed by atoms with Gasteiger partial charge in [0.2, 0.25) is 0 Å². The Balaban J connectivity index is 3.00. The van der Waals surface area contributed by atoms with Gasteiger partial charge in [0.25, 0.3) is 0 Å². The van der Waals surface area contributed by atoms with E-state index in [9.17, 15) is 0 Å². The average Bonchev–Trinajstić information content (AvgIpc) is 2.87. The first-order valence-corrected chi connectivity index (χ1v) is 16.7. The summed E-state index contributed by atoms with van der Waals surface area (Å²) in [5.74, 6) is 0. The standard InChI is InChI=1S/C33H69NO/c34-32-30-28-26-24-22-20-18-16-14-12-10-8-6-4-2-1-3-5-7-9-11-13-15-17-19-21-23-25-27-29-31-33-35/h35H,1-34H2. The van der Waals surface area contributed by atoms with E-state index in [1.165, 1.54) is 193 Å². The maximum atomic E-state index is 8.77. The van der Waals surface area contributed by atoms with Crippen molar-refractivity contribution in [3.8, 4) is 0 Å². The lowest BCUT2D eigenvalue weighted by Gasteiger charge is -2.04. The summed E-state index contributed by atoms with van der Waals surface area (Å²) >= 11 is 0. The molecule has 0 aliphatic heterocycles. The molecule has 0 unspecified atom stereocenters. The molecule has 0 atom stereocenters. The summed E-state index contributed by atoms with van der Waals surface area (Å²) in [5, 5.41) is 8.77. The lowest BCUT2D eigenvalue weighted by Crippen LogP contribution is -1.97. The predicted molar refractivity (Wildman–Crippen MR) is 159 cm³/mol. The first-order valence-electron chi connectivity index (χ1n) is 16.7. The highest BCUT2D eigenvalue weighted by atomic mass is 16.2. The average molecular weight is 496 g/mol. The Morgan fingerprint density at radius 2 is 0.371 bits per heavy atom. The SMILES string of the molecule is NCCCCCCCCCCCCCCCCCCCCCCCCCCCCCCCCCO. The summed E-state index contributed by atoms with van der Waals surface area (Å²) in [7, 11) is 0. The van der Waals surface area contributed by atoms with Crippen LogP contribution in [0, 0.1) is 0 Å². The summed E-state index contributed by atoms with van der Waals surface area (Å²) in [6.07, 6.45) is 43.9. The summed E-state index contributed by atoms with van der Waals surface area (Å²) in [4.78, 5) is 0. The van der Waals surface area contributed by atoms with Crippen LogP contribution in [0.1, 0.15) is 199 Å². The monoisotopic (exact) mass is 496 g/mol. The number of rotatable bonds is 32. The molecule has 212 valence electrons. The van der Waals surface area contributed by atoms with Gasteiger partial charge < -0.3 is 10.8 Å². The van der Waals surface area contributed by atoms with Crippen LogP contribution >= 0.6 is 0 Å². The van der Waals surface area contributed by atoms with E-state index in [4.69, 9.17) is 10.8 Å². The van der Waals surface area contributed by atoms with Crippen molar-refractivity contribution in [2.45, 2.75) is 199 Å². The topological polar surface area (TPSA) is 46.2 Å². The van der Waals surface area contributed by atoms with Crippen molar-refractivity contribution < 1.29 is 5.11 Å². The Morgan fingerprint density at radius 1 is 0.229 bits per heavy atom. The predicted octanol–water partition coefficient (Wildman–Crippen LogP) is 11.0. The van der Waals surface area contributed by atoms with E-state index in [2.05, 4.69) is 0 Å². The molecule has 0 fully saturated rings. The zero-order valence-corrected chi connectivity index (χ0v) is 24.4. The van der Waals surface area contributed by atoms with Gasteiger partial charge in [-0.05, 0) is 19.4 Å². The van der Waals surface area contributed by atoms with Crippen molar-refractivity contribution in [1.29, 1.82) is 0 Å². The van der Waals surface area contributed by atoms with Crippen molar-refractivity contribution in [2.75, 3.05) is 13.2 Å². The molecule has 0 spiro atoms. The third kappa shape index (κ3) is 33.9. The minimum atomic E-state index is 0.373. The molecular weight excluding hydrogens is 426 g/mol. The van der Waals surface area contributed by atoms with Crippen LogP contribution in [0.5, 0.6) is 0 Å². The Kier molecular flexibility index (Phi) is 33.8. The number of aliphatic hydroxyl groups is 1. The van der Waals surface area contributed by atoms with Crippen LogP contribution in [-0.4, -0.2) is 18.3 Å². The summed E-state index contributed by atoms with van der Waals surface area (Å²) in [6.45, 7) is 1.24. The first kappa shape index (κ1) is 34.9. The van der Waals surface area contributed by atoms with Crippen LogP contribution in [0.15, 0.2) is 0 Å². The van der Waals surface area contributed by atoms with Gasteiger partial charge in [-0.3, -0.25) is 0 Å². The van der Waals surface area contributed by atoms with E-state index in [0.717, 1.165) is 13.0 Å². The van der Waals surface area contributed by atoms with E-state index in [-0.39, 0.29) is 0 Å². The van der Waals surface area contributed by atoms with Crippen molar-refractivity contribution in [2.24, 2.45) is 5.73 Å². The largest absolute Gasteiger partial charge is 0.396 e. The van der Waals surface area contributed by atoms with Crippen molar-refractivity contribution in [3.05, 3.63) is 0 Å². The molecule has 0 aromatic rings. The zero-order valence-electron chi connectivity index (χ0n) is 24.4. The van der Waals surface area contributed by atoms with Gasteiger partial charge in [0.15, 0.2) is 0 Å². The Morgan fingerprint density at radius 3 is 0.514 bits per heavy atom. The maximum Gasteiger partial charge on any atom is 0.0431 e. The number of nitrogens with two attached hydrogens (primary N) is 1.